The number of rotatable bonds is 8. The number of hydrogen-bond acceptors (Lipinski definition) is 4. The van der Waals surface area contributed by atoms with Crippen LogP contribution in [0, 0.1) is 18.3 Å². The number of carbonyl (C=O) groups is 1. The second-order valence-electron chi connectivity index (χ2n) is 7.71. The van der Waals surface area contributed by atoms with Crippen LogP contribution in [0.25, 0.3) is 0 Å². The van der Waals surface area contributed by atoms with Crippen molar-refractivity contribution in [2.45, 2.75) is 26.5 Å². The molecule has 0 spiro atoms. The second-order valence-corrected chi connectivity index (χ2v) is 7.71. The van der Waals surface area contributed by atoms with Gasteiger partial charge >= 0.3 is 0 Å². The lowest BCUT2D eigenvalue weighted by molar-refractivity contribution is 0.102. The number of hydrogen-bond donors (Lipinski definition) is 1. The van der Waals surface area contributed by atoms with Crippen LogP contribution in [0.15, 0.2) is 85.1 Å². The number of ether oxygens (including phenoxy) is 1. The van der Waals surface area contributed by atoms with Crippen LogP contribution in [0.2, 0.25) is 0 Å². The van der Waals surface area contributed by atoms with Gasteiger partial charge in [-0.05, 0) is 47.9 Å². The van der Waals surface area contributed by atoms with E-state index >= 15 is 0 Å². The molecule has 0 saturated heterocycles. The summed E-state index contributed by atoms with van der Waals surface area (Å²) in [5.41, 5.74) is 5.08. The Kier molecular flexibility index (Phi) is 6.81. The Morgan fingerprint density at radius 2 is 1.76 bits per heavy atom. The van der Waals surface area contributed by atoms with Crippen LogP contribution < -0.4 is 10.1 Å². The van der Waals surface area contributed by atoms with E-state index in [2.05, 4.69) is 16.5 Å². The fourth-order valence-electron chi connectivity index (χ4n) is 3.48. The standard InChI is InChI=1S/C27H24N4O2/c1-20-26(17-29-31(20)18-22-6-3-2-4-7-22)27(32)30-24-9-5-8-23(16-24)19-33-25-12-10-21(11-13-25)14-15-28/h2-13,16-17H,14,18-19H2,1H3,(H,30,32). The molecule has 0 aliphatic carbocycles. The Balaban J connectivity index is 1.38. The van der Waals surface area contributed by atoms with Crippen molar-refractivity contribution in [1.29, 1.82) is 5.26 Å². The molecule has 1 aromatic heterocycles. The van der Waals surface area contributed by atoms with Crippen molar-refractivity contribution >= 4 is 11.6 Å². The molecular formula is C27H24N4O2. The summed E-state index contributed by atoms with van der Waals surface area (Å²) in [7, 11) is 0. The van der Waals surface area contributed by atoms with E-state index in [0.717, 1.165) is 28.1 Å². The number of nitrogens with zero attached hydrogens (tertiary/aromatic N) is 3. The lowest BCUT2D eigenvalue weighted by Crippen LogP contribution is -2.14. The fraction of sp³-hybridized carbons (Fsp3) is 0.148. The van der Waals surface area contributed by atoms with E-state index in [1.54, 1.807) is 6.20 Å². The molecule has 6 nitrogen and oxygen atoms in total. The predicted molar refractivity (Wildman–Crippen MR) is 127 cm³/mol. The minimum absolute atomic E-state index is 0.196. The predicted octanol–water partition coefficient (Wildman–Crippen LogP) is 5.14. The Bertz CT molecular complexity index is 1270. The maximum atomic E-state index is 12.9. The third-order valence-electron chi connectivity index (χ3n) is 5.32. The highest BCUT2D eigenvalue weighted by Gasteiger charge is 2.15. The van der Waals surface area contributed by atoms with Crippen molar-refractivity contribution in [1.82, 2.24) is 9.78 Å². The number of aromatic nitrogens is 2. The Morgan fingerprint density at radius 3 is 2.52 bits per heavy atom. The van der Waals surface area contributed by atoms with Crippen LogP contribution in [-0.4, -0.2) is 15.7 Å². The van der Waals surface area contributed by atoms with Crippen LogP contribution in [0.4, 0.5) is 5.69 Å². The summed E-state index contributed by atoms with van der Waals surface area (Å²) in [6.07, 6.45) is 1.99. The van der Waals surface area contributed by atoms with E-state index in [0.29, 0.717) is 30.8 Å². The monoisotopic (exact) mass is 436 g/mol. The highest BCUT2D eigenvalue weighted by atomic mass is 16.5. The van der Waals surface area contributed by atoms with E-state index in [4.69, 9.17) is 10.00 Å². The highest BCUT2D eigenvalue weighted by Crippen LogP contribution is 2.18. The van der Waals surface area contributed by atoms with E-state index in [1.807, 2.05) is 90.5 Å². The van der Waals surface area contributed by atoms with Gasteiger partial charge < -0.3 is 10.1 Å². The molecule has 1 amide bonds. The Labute approximate surface area is 193 Å². The Morgan fingerprint density at radius 1 is 1.00 bits per heavy atom. The largest absolute Gasteiger partial charge is 0.489 e. The molecule has 4 rings (SSSR count). The SMILES string of the molecule is Cc1c(C(=O)Nc2cccc(COc3ccc(CC#N)cc3)c2)cnn1Cc1ccccc1. The maximum Gasteiger partial charge on any atom is 0.259 e. The molecule has 0 saturated carbocycles. The van der Waals surface area contributed by atoms with Crippen molar-refractivity contribution in [3.8, 4) is 11.8 Å². The molecule has 0 atom stereocenters. The molecule has 33 heavy (non-hydrogen) atoms. The fourth-order valence-corrected chi connectivity index (χ4v) is 3.48. The Hall–Kier alpha value is -4.37. The third-order valence-corrected chi connectivity index (χ3v) is 5.32. The van der Waals surface area contributed by atoms with Crippen molar-refractivity contribution in [3.63, 3.8) is 0 Å². The number of nitriles is 1. The van der Waals surface area contributed by atoms with Crippen LogP contribution >= 0.6 is 0 Å². The van der Waals surface area contributed by atoms with Crippen molar-refractivity contribution in [3.05, 3.63) is 113 Å². The number of carbonyl (C=O) groups excluding carboxylic acids is 1. The first-order valence-corrected chi connectivity index (χ1v) is 10.7. The highest BCUT2D eigenvalue weighted by molar-refractivity contribution is 6.04. The van der Waals surface area contributed by atoms with Gasteiger partial charge in [0.2, 0.25) is 0 Å². The summed E-state index contributed by atoms with van der Waals surface area (Å²) < 4.78 is 7.67. The van der Waals surface area contributed by atoms with Crippen LogP contribution in [0.5, 0.6) is 5.75 Å². The molecular weight excluding hydrogens is 412 g/mol. The first-order chi connectivity index (χ1) is 16.1. The van der Waals surface area contributed by atoms with Gasteiger partial charge in [-0.1, -0.05) is 54.6 Å². The average Bonchev–Trinajstić information content (AvgIpc) is 3.20. The lowest BCUT2D eigenvalue weighted by atomic mass is 10.1. The number of nitrogens with one attached hydrogen (secondary N) is 1. The van der Waals surface area contributed by atoms with Crippen molar-refractivity contribution in [2.75, 3.05) is 5.32 Å². The van der Waals surface area contributed by atoms with Gasteiger partial charge in [-0.3, -0.25) is 9.48 Å². The van der Waals surface area contributed by atoms with E-state index < -0.39 is 0 Å². The quantitative estimate of drug-likeness (QED) is 0.415. The molecule has 0 bridgehead atoms. The third kappa shape index (κ3) is 5.66. The summed E-state index contributed by atoms with van der Waals surface area (Å²) in [5.74, 6) is 0.533. The molecule has 1 heterocycles. The smallest absolute Gasteiger partial charge is 0.259 e. The summed E-state index contributed by atoms with van der Waals surface area (Å²) in [5, 5.41) is 16.1. The molecule has 6 heteroatoms. The maximum absolute atomic E-state index is 12.9. The van der Waals surface area contributed by atoms with E-state index in [-0.39, 0.29) is 5.91 Å². The molecule has 0 aliphatic heterocycles. The number of anilines is 1. The minimum atomic E-state index is -0.196. The zero-order chi connectivity index (χ0) is 23.0. The van der Waals surface area contributed by atoms with Gasteiger partial charge in [0, 0.05) is 11.4 Å². The zero-order valence-corrected chi connectivity index (χ0v) is 18.4. The summed E-state index contributed by atoms with van der Waals surface area (Å²) in [6.45, 7) is 2.89. The van der Waals surface area contributed by atoms with Crippen LogP contribution in [-0.2, 0) is 19.6 Å². The van der Waals surface area contributed by atoms with Gasteiger partial charge in [0.25, 0.3) is 5.91 Å². The summed E-state index contributed by atoms with van der Waals surface area (Å²) >= 11 is 0. The van der Waals surface area contributed by atoms with Crippen LogP contribution in [0.3, 0.4) is 0 Å². The molecule has 4 aromatic rings. The molecule has 0 aliphatic rings. The first kappa shape index (κ1) is 21.8. The van der Waals surface area contributed by atoms with Gasteiger partial charge in [0.15, 0.2) is 0 Å². The van der Waals surface area contributed by atoms with E-state index in [9.17, 15) is 4.79 Å². The average molecular weight is 437 g/mol. The van der Waals surface area contributed by atoms with Crippen molar-refractivity contribution < 1.29 is 9.53 Å². The van der Waals surface area contributed by atoms with Gasteiger partial charge in [0.05, 0.1) is 30.8 Å². The molecule has 0 unspecified atom stereocenters. The molecule has 0 fully saturated rings. The van der Waals surface area contributed by atoms with Gasteiger partial charge in [-0.2, -0.15) is 10.4 Å². The van der Waals surface area contributed by atoms with Crippen LogP contribution in [0.1, 0.15) is 32.7 Å². The molecule has 0 radical (unpaired) electrons. The van der Waals surface area contributed by atoms with Gasteiger partial charge in [-0.25, -0.2) is 0 Å². The summed E-state index contributed by atoms with van der Waals surface area (Å²) in [4.78, 5) is 12.9. The minimum Gasteiger partial charge on any atom is -0.489 e. The van der Waals surface area contributed by atoms with Gasteiger partial charge in [0.1, 0.15) is 12.4 Å². The normalized spacial score (nSPS) is 10.4. The second kappa shape index (κ2) is 10.3. The zero-order valence-electron chi connectivity index (χ0n) is 18.4. The van der Waals surface area contributed by atoms with Crippen molar-refractivity contribution in [2.24, 2.45) is 0 Å². The molecule has 164 valence electrons. The lowest BCUT2D eigenvalue weighted by Gasteiger charge is -2.10. The van der Waals surface area contributed by atoms with Gasteiger partial charge in [-0.15, -0.1) is 0 Å². The molecule has 3 aromatic carbocycles. The van der Waals surface area contributed by atoms with E-state index in [1.165, 1.54) is 0 Å². The molecule has 1 N–H and O–H groups in total. The first-order valence-electron chi connectivity index (χ1n) is 10.7. The number of amides is 1. The topological polar surface area (TPSA) is 79.9 Å². The summed E-state index contributed by atoms with van der Waals surface area (Å²) in [6, 6.07) is 27.2. The number of benzene rings is 3.